The first-order valence-electron chi connectivity index (χ1n) is 12.1. The van der Waals surface area contributed by atoms with Crippen LogP contribution in [0, 0.1) is 11.3 Å². The van der Waals surface area contributed by atoms with Crippen LogP contribution in [-0.4, -0.2) is 48.0 Å². The van der Waals surface area contributed by atoms with Gasteiger partial charge in [0.15, 0.2) is 9.84 Å². The second-order valence-electron chi connectivity index (χ2n) is 9.41. The van der Waals surface area contributed by atoms with Crippen LogP contribution >= 0.6 is 0 Å². The van der Waals surface area contributed by atoms with Gasteiger partial charge in [-0.05, 0) is 49.4 Å². The number of sulfone groups is 1. The van der Waals surface area contributed by atoms with Gasteiger partial charge >= 0.3 is 6.18 Å². The van der Waals surface area contributed by atoms with Crippen LogP contribution in [0.2, 0.25) is 0 Å². The van der Waals surface area contributed by atoms with Gasteiger partial charge in [0.05, 0.1) is 27.5 Å². The maximum atomic E-state index is 14.1. The first-order chi connectivity index (χ1) is 18.0. The molecule has 0 aromatic heterocycles. The van der Waals surface area contributed by atoms with E-state index in [0.717, 1.165) is 17.7 Å². The van der Waals surface area contributed by atoms with Crippen molar-refractivity contribution in [2.75, 3.05) is 6.54 Å². The Labute approximate surface area is 219 Å². The molecule has 1 saturated carbocycles. The first-order valence-corrected chi connectivity index (χ1v) is 13.6. The lowest BCUT2D eigenvalue weighted by molar-refractivity contribution is -0.181. The highest BCUT2D eigenvalue weighted by Gasteiger charge is 2.48. The Morgan fingerprint density at radius 3 is 2.61 bits per heavy atom. The van der Waals surface area contributed by atoms with Gasteiger partial charge in [-0.25, -0.2) is 13.8 Å². The first kappa shape index (κ1) is 27.9. The van der Waals surface area contributed by atoms with E-state index in [1.54, 1.807) is 43.5 Å². The number of nitrogens with zero attached hydrogens (tertiary/aromatic N) is 3. The zero-order chi connectivity index (χ0) is 27.6. The van der Waals surface area contributed by atoms with E-state index in [9.17, 15) is 32.1 Å². The number of nitriles is 1. The molecule has 1 aliphatic heterocycles. The summed E-state index contributed by atoms with van der Waals surface area (Å²) in [5.74, 6) is 0. The van der Waals surface area contributed by atoms with Crippen molar-refractivity contribution in [1.82, 2.24) is 15.9 Å². The fourth-order valence-electron chi connectivity index (χ4n) is 4.32. The Morgan fingerprint density at radius 1 is 1.29 bits per heavy atom. The minimum atomic E-state index is -4.91. The van der Waals surface area contributed by atoms with E-state index >= 15 is 0 Å². The van der Waals surface area contributed by atoms with Crippen LogP contribution in [0.25, 0.3) is 0 Å². The van der Waals surface area contributed by atoms with Crippen molar-refractivity contribution in [3.8, 4) is 6.07 Å². The van der Waals surface area contributed by atoms with Gasteiger partial charge in [-0.2, -0.15) is 18.4 Å². The van der Waals surface area contributed by atoms with E-state index in [4.69, 9.17) is 0 Å². The molecular weight excluding hydrogens is 519 g/mol. The highest BCUT2D eigenvalue weighted by atomic mass is 32.2. The summed E-state index contributed by atoms with van der Waals surface area (Å²) in [5.41, 5.74) is 2.04. The molecule has 4 rings (SSSR count). The van der Waals surface area contributed by atoms with Crippen LogP contribution in [0.5, 0.6) is 0 Å². The number of allylic oxidation sites excluding steroid dienone is 1. The minimum Gasteiger partial charge on any atom is -0.297 e. The van der Waals surface area contributed by atoms with E-state index in [1.807, 2.05) is 12.1 Å². The number of halogens is 3. The van der Waals surface area contributed by atoms with Crippen LogP contribution in [0.1, 0.15) is 42.9 Å². The lowest BCUT2D eigenvalue weighted by atomic mass is 10.0. The van der Waals surface area contributed by atoms with Crippen molar-refractivity contribution in [3.63, 3.8) is 0 Å². The van der Waals surface area contributed by atoms with E-state index in [0.29, 0.717) is 23.7 Å². The highest BCUT2D eigenvalue weighted by Crippen LogP contribution is 2.38. The Balaban J connectivity index is 1.59. The number of benzene rings is 2. The van der Waals surface area contributed by atoms with Crippen molar-refractivity contribution >= 4 is 15.5 Å². The van der Waals surface area contributed by atoms with Gasteiger partial charge in [-0.3, -0.25) is 15.5 Å². The molecule has 2 aromatic rings. The summed E-state index contributed by atoms with van der Waals surface area (Å²) >= 11 is 0. The van der Waals surface area contributed by atoms with Gasteiger partial charge in [0.2, 0.25) is 0 Å². The fraction of sp³-hybridized carbons (Fsp3) is 0.385. The molecule has 2 atom stereocenters. The zero-order valence-corrected chi connectivity index (χ0v) is 21.4. The van der Waals surface area contributed by atoms with Crippen LogP contribution in [0.4, 0.5) is 13.2 Å². The van der Waals surface area contributed by atoms with Gasteiger partial charge in [0.1, 0.15) is 11.7 Å². The quantitative estimate of drug-likeness (QED) is 0.321. The van der Waals surface area contributed by atoms with E-state index in [1.165, 1.54) is 6.07 Å². The molecule has 0 bridgehead atoms. The summed E-state index contributed by atoms with van der Waals surface area (Å²) in [6.07, 6.45) is -1.58. The van der Waals surface area contributed by atoms with Gasteiger partial charge in [-0.1, -0.05) is 42.5 Å². The molecule has 12 heteroatoms. The molecular formula is C26H28F3N5O3S. The molecule has 38 heavy (non-hydrogen) atoms. The zero-order valence-electron chi connectivity index (χ0n) is 20.6. The van der Waals surface area contributed by atoms with Gasteiger partial charge < -0.3 is 0 Å². The third kappa shape index (κ3) is 6.14. The summed E-state index contributed by atoms with van der Waals surface area (Å²) in [6, 6.07) is 14.3. The Bertz CT molecular complexity index is 1370. The third-order valence-corrected chi connectivity index (χ3v) is 8.81. The summed E-state index contributed by atoms with van der Waals surface area (Å²) in [7, 11) is -4.42. The van der Waals surface area contributed by atoms with Crippen molar-refractivity contribution in [2.24, 2.45) is 4.99 Å². The number of hydrazine groups is 1. The summed E-state index contributed by atoms with van der Waals surface area (Å²) in [6.45, 7) is 1.62. The van der Waals surface area contributed by atoms with Crippen molar-refractivity contribution < 1.29 is 26.8 Å². The predicted octanol–water partition coefficient (Wildman–Crippen LogP) is 3.98. The number of rotatable bonds is 9. The Hall–Kier alpha value is -3.08. The van der Waals surface area contributed by atoms with Crippen molar-refractivity contribution in [2.45, 2.75) is 60.6 Å². The largest absolute Gasteiger partial charge is 0.417 e. The smallest absolute Gasteiger partial charge is 0.297 e. The molecule has 1 saturated heterocycles. The molecule has 0 radical (unpaired) electrons. The molecule has 0 amide bonds. The van der Waals surface area contributed by atoms with Gasteiger partial charge in [0.25, 0.3) is 0 Å². The number of hydrogen-bond acceptors (Lipinski definition) is 8. The fourth-order valence-corrected chi connectivity index (χ4v) is 6.17. The normalized spacial score (nSPS) is 21.7. The molecule has 1 aliphatic carbocycles. The maximum Gasteiger partial charge on any atom is 0.417 e. The number of aliphatic imine (C=N–C) groups is 1. The maximum absolute atomic E-state index is 14.1. The van der Waals surface area contributed by atoms with Crippen molar-refractivity contribution in [3.05, 3.63) is 77.5 Å². The molecule has 2 fully saturated rings. The Kier molecular flexibility index (Phi) is 8.06. The molecule has 2 aliphatic rings. The standard InChI is InChI=1S/C26H28F3N5O3S/c1-2-12-31-22(19-6-4-3-5-7-19)14-18-8-9-23(21(13-18)26(27,28)29)38(36,37)20-15-24(32-16-20)34(35)33-25(17-30)10-11-25/h2-9,12-13,20,24,32-33,35H,10-11,14-16H2,1H3/b12-2-,31-22?/t20-,24+/m1/s1. The number of nitrogens with one attached hydrogen (secondary N) is 2. The number of hydroxylamine groups is 1. The average Bonchev–Trinajstić information content (AvgIpc) is 3.47. The lowest BCUT2D eigenvalue weighted by Gasteiger charge is -2.25. The summed E-state index contributed by atoms with van der Waals surface area (Å²) < 4.78 is 69.2. The lowest BCUT2D eigenvalue weighted by Crippen LogP contribution is -2.52. The monoisotopic (exact) mass is 547 g/mol. The molecule has 8 nitrogen and oxygen atoms in total. The number of hydrogen-bond donors (Lipinski definition) is 3. The van der Waals surface area contributed by atoms with Crippen LogP contribution in [0.15, 0.2) is 70.7 Å². The summed E-state index contributed by atoms with van der Waals surface area (Å²) in [5, 5.41) is 21.7. The molecule has 1 heterocycles. The molecule has 0 spiro atoms. The predicted molar refractivity (Wildman–Crippen MR) is 135 cm³/mol. The van der Waals surface area contributed by atoms with Crippen LogP contribution in [0.3, 0.4) is 0 Å². The second-order valence-corrected chi connectivity index (χ2v) is 11.6. The molecule has 202 valence electrons. The van der Waals surface area contributed by atoms with E-state index in [2.05, 4.69) is 15.7 Å². The molecule has 2 aromatic carbocycles. The summed E-state index contributed by atoms with van der Waals surface area (Å²) in [4.78, 5) is 3.56. The van der Waals surface area contributed by atoms with E-state index < -0.39 is 43.4 Å². The van der Waals surface area contributed by atoms with Gasteiger partial charge in [-0.15, -0.1) is 5.17 Å². The molecule has 0 unspecified atom stereocenters. The van der Waals surface area contributed by atoms with Crippen LogP contribution < -0.4 is 10.7 Å². The van der Waals surface area contributed by atoms with E-state index in [-0.39, 0.29) is 24.9 Å². The SMILES string of the molecule is C/C=C\N=C(Cc1ccc(S(=O)(=O)[C@H]2CN[C@@H](N(O)NC3(C#N)CC3)C2)c(C(F)(F)F)c1)c1ccccc1. The second kappa shape index (κ2) is 11.0. The topological polar surface area (TPSA) is 118 Å². The third-order valence-electron chi connectivity index (χ3n) is 6.61. The average molecular weight is 548 g/mol. The minimum absolute atomic E-state index is 0.0661. The highest BCUT2D eigenvalue weighted by molar-refractivity contribution is 7.92. The number of alkyl halides is 3. The van der Waals surface area contributed by atoms with Crippen LogP contribution in [-0.2, 0) is 22.4 Å². The molecule has 3 N–H and O–H groups in total. The van der Waals surface area contributed by atoms with Gasteiger partial charge in [0, 0.05) is 19.2 Å². The Morgan fingerprint density at radius 2 is 2.00 bits per heavy atom. The van der Waals surface area contributed by atoms with Crippen molar-refractivity contribution in [1.29, 1.82) is 5.26 Å².